The first-order chi connectivity index (χ1) is 7.68. The van der Waals surface area contributed by atoms with Gasteiger partial charge in [0.2, 0.25) is 0 Å². The first kappa shape index (κ1) is 11.2. The molecule has 0 bridgehead atoms. The Kier molecular flexibility index (Phi) is 3.28. The van der Waals surface area contributed by atoms with E-state index in [-0.39, 0.29) is 5.78 Å². The number of carbonyl (C=O) groups excluding carboxylic acids is 1. The quantitative estimate of drug-likeness (QED) is 0.724. The smallest absolute Gasteiger partial charge is 0.159 e. The predicted molar refractivity (Wildman–Crippen MR) is 67.1 cm³/mol. The maximum absolute atomic E-state index is 11.2. The fourth-order valence-corrected chi connectivity index (χ4v) is 2.43. The molecule has 0 atom stereocenters. The Hall–Kier alpha value is -1.31. The van der Waals surface area contributed by atoms with E-state index in [9.17, 15) is 4.79 Å². The highest BCUT2D eigenvalue weighted by atomic mass is 16.1. The van der Waals surface area contributed by atoms with Crippen LogP contribution in [0, 0.1) is 0 Å². The largest absolute Gasteiger partial charge is 0.372 e. The number of benzene rings is 1. The minimum absolute atomic E-state index is 0.134. The van der Waals surface area contributed by atoms with Crippen molar-refractivity contribution in [1.82, 2.24) is 0 Å². The van der Waals surface area contributed by atoms with Crippen LogP contribution in [0.2, 0.25) is 0 Å². The van der Waals surface area contributed by atoms with Gasteiger partial charge in [-0.2, -0.15) is 0 Å². The second kappa shape index (κ2) is 4.69. The molecule has 0 heterocycles. The van der Waals surface area contributed by atoms with E-state index in [1.807, 2.05) is 12.1 Å². The maximum Gasteiger partial charge on any atom is 0.159 e. The van der Waals surface area contributed by atoms with Crippen LogP contribution in [0.25, 0.3) is 0 Å². The second-order valence-electron chi connectivity index (χ2n) is 4.65. The lowest BCUT2D eigenvalue weighted by Crippen LogP contribution is -2.28. The molecule has 2 nitrogen and oxygen atoms in total. The molecule has 0 aromatic heterocycles. The van der Waals surface area contributed by atoms with E-state index >= 15 is 0 Å². The molecule has 1 aromatic rings. The van der Waals surface area contributed by atoms with E-state index < -0.39 is 0 Å². The number of Topliss-reactive ketones (excluding diaryl/α,β-unsaturated/α-hetero) is 1. The van der Waals surface area contributed by atoms with Crippen molar-refractivity contribution in [1.29, 1.82) is 0 Å². The van der Waals surface area contributed by atoms with Gasteiger partial charge in [-0.3, -0.25) is 4.79 Å². The van der Waals surface area contributed by atoms with Gasteiger partial charge in [-0.05, 0) is 44.0 Å². The lowest BCUT2D eigenvalue weighted by atomic mass is 10.1. The Bertz CT molecular complexity index is 363. The summed E-state index contributed by atoms with van der Waals surface area (Å²) in [5, 5.41) is 0. The number of rotatable bonds is 3. The molecular weight excluding hydrogens is 198 g/mol. The van der Waals surface area contributed by atoms with E-state index in [4.69, 9.17) is 0 Å². The normalized spacial score (nSPS) is 16.4. The van der Waals surface area contributed by atoms with Crippen LogP contribution in [0.15, 0.2) is 24.3 Å². The van der Waals surface area contributed by atoms with Gasteiger partial charge in [0.15, 0.2) is 5.78 Å². The van der Waals surface area contributed by atoms with Crippen molar-refractivity contribution in [3.05, 3.63) is 29.8 Å². The molecule has 0 saturated heterocycles. The van der Waals surface area contributed by atoms with Gasteiger partial charge in [0.1, 0.15) is 0 Å². The zero-order valence-corrected chi connectivity index (χ0v) is 10.1. The Labute approximate surface area is 97.3 Å². The van der Waals surface area contributed by atoms with Gasteiger partial charge < -0.3 is 4.90 Å². The van der Waals surface area contributed by atoms with Gasteiger partial charge in [0, 0.05) is 24.3 Å². The van der Waals surface area contributed by atoms with E-state index in [1.165, 1.54) is 31.4 Å². The Balaban J connectivity index is 2.11. The van der Waals surface area contributed by atoms with Crippen molar-refractivity contribution >= 4 is 11.5 Å². The monoisotopic (exact) mass is 217 g/mol. The summed E-state index contributed by atoms with van der Waals surface area (Å²) >= 11 is 0. The highest BCUT2D eigenvalue weighted by Gasteiger charge is 2.19. The van der Waals surface area contributed by atoms with Gasteiger partial charge in [0.25, 0.3) is 0 Å². The maximum atomic E-state index is 11.2. The zero-order valence-electron chi connectivity index (χ0n) is 10.1. The van der Waals surface area contributed by atoms with Crippen LogP contribution in [0.1, 0.15) is 43.0 Å². The number of hydrogen-bond donors (Lipinski definition) is 0. The molecule has 0 unspecified atom stereocenters. The van der Waals surface area contributed by atoms with E-state index in [0.29, 0.717) is 6.04 Å². The Morgan fingerprint density at radius 3 is 2.25 bits per heavy atom. The molecule has 0 N–H and O–H groups in total. The first-order valence-corrected chi connectivity index (χ1v) is 6.02. The van der Waals surface area contributed by atoms with Crippen molar-refractivity contribution in [3.8, 4) is 0 Å². The van der Waals surface area contributed by atoms with Crippen molar-refractivity contribution in [2.24, 2.45) is 0 Å². The Morgan fingerprint density at radius 2 is 1.75 bits per heavy atom. The van der Waals surface area contributed by atoms with Crippen molar-refractivity contribution in [2.75, 3.05) is 11.9 Å². The van der Waals surface area contributed by atoms with Gasteiger partial charge in [-0.25, -0.2) is 0 Å². The second-order valence-corrected chi connectivity index (χ2v) is 4.65. The molecular formula is C14H19NO. The molecule has 1 aliphatic rings. The van der Waals surface area contributed by atoms with E-state index in [2.05, 4.69) is 24.1 Å². The molecule has 1 saturated carbocycles. The SMILES string of the molecule is CC(=O)c1ccc(N(C)C2CCCC2)cc1. The molecule has 2 heteroatoms. The summed E-state index contributed by atoms with van der Waals surface area (Å²) in [6.45, 7) is 1.61. The van der Waals surface area contributed by atoms with Crippen LogP contribution in [0.4, 0.5) is 5.69 Å². The van der Waals surface area contributed by atoms with Gasteiger partial charge in [-0.1, -0.05) is 12.8 Å². The topological polar surface area (TPSA) is 20.3 Å². The van der Waals surface area contributed by atoms with Crippen LogP contribution < -0.4 is 4.90 Å². The van der Waals surface area contributed by atoms with Gasteiger partial charge in [0.05, 0.1) is 0 Å². The van der Waals surface area contributed by atoms with Crippen LogP contribution in [0.3, 0.4) is 0 Å². The highest BCUT2D eigenvalue weighted by molar-refractivity contribution is 5.94. The van der Waals surface area contributed by atoms with Crippen molar-refractivity contribution < 1.29 is 4.79 Å². The van der Waals surface area contributed by atoms with Gasteiger partial charge in [-0.15, -0.1) is 0 Å². The molecule has 16 heavy (non-hydrogen) atoms. The molecule has 1 fully saturated rings. The summed E-state index contributed by atoms with van der Waals surface area (Å²) in [5.41, 5.74) is 2.01. The molecule has 0 aliphatic heterocycles. The third-order valence-electron chi connectivity index (χ3n) is 3.55. The first-order valence-electron chi connectivity index (χ1n) is 6.02. The fraction of sp³-hybridized carbons (Fsp3) is 0.500. The summed E-state index contributed by atoms with van der Waals surface area (Å²) in [4.78, 5) is 13.5. The summed E-state index contributed by atoms with van der Waals surface area (Å²) in [6, 6.07) is 8.62. The van der Waals surface area contributed by atoms with Crippen LogP contribution >= 0.6 is 0 Å². The average Bonchev–Trinajstić information content (AvgIpc) is 2.81. The molecule has 0 radical (unpaired) electrons. The number of carbonyl (C=O) groups is 1. The van der Waals surface area contributed by atoms with E-state index in [0.717, 1.165) is 5.56 Å². The number of nitrogens with zero attached hydrogens (tertiary/aromatic N) is 1. The number of anilines is 1. The summed E-state index contributed by atoms with van der Waals surface area (Å²) in [5.74, 6) is 0.134. The molecule has 86 valence electrons. The highest BCUT2D eigenvalue weighted by Crippen LogP contribution is 2.26. The fourth-order valence-electron chi connectivity index (χ4n) is 2.43. The third-order valence-corrected chi connectivity index (χ3v) is 3.55. The molecule has 0 amide bonds. The minimum atomic E-state index is 0.134. The van der Waals surface area contributed by atoms with Crippen LogP contribution in [-0.4, -0.2) is 18.9 Å². The number of ketones is 1. The average molecular weight is 217 g/mol. The molecule has 0 spiro atoms. The zero-order chi connectivity index (χ0) is 11.5. The number of hydrogen-bond acceptors (Lipinski definition) is 2. The standard InChI is InChI=1S/C14H19NO/c1-11(16)12-7-9-14(10-8-12)15(2)13-5-3-4-6-13/h7-10,13H,3-6H2,1-2H3. The summed E-state index contributed by atoms with van der Waals surface area (Å²) in [7, 11) is 2.15. The van der Waals surface area contributed by atoms with Crippen molar-refractivity contribution in [3.63, 3.8) is 0 Å². The molecule has 2 rings (SSSR count). The Morgan fingerprint density at radius 1 is 1.19 bits per heavy atom. The predicted octanol–water partition coefficient (Wildman–Crippen LogP) is 3.27. The molecule has 1 aliphatic carbocycles. The molecule has 1 aromatic carbocycles. The summed E-state index contributed by atoms with van der Waals surface area (Å²) < 4.78 is 0. The van der Waals surface area contributed by atoms with Crippen LogP contribution in [-0.2, 0) is 0 Å². The lowest BCUT2D eigenvalue weighted by molar-refractivity contribution is 0.101. The van der Waals surface area contributed by atoms with Gasteiger partial charge >= 0.3 is 0 Å². The lowest BCUT2D eigenvalue weighted by Gasteiger charge is -2.26. The van der Waals surface area contributed by atoms with Crippen molar-refractivity contribution in [2.45, 2.75) is 38.6 Å². The van der Waals surface area contributed by atoms with E-state index in [1.54, 1.807) is 6.92 Å². The van der Waals surface area contributed by atoms with Crippen LogP contribution in [0.5, 0.6) is 0 Å². The minimum Gasteiger partial charge on any atom is -0.372 e. The summed E-state index contributed by atoms with van der Waals surface area (Å²) in [6.07, 6.45) is 5.29. The third kappa shape index (κ3) is 2.26.